The van der Waals surface area contributed by atoms with Crippen molar-refractivity contribution < 1.29 is 0 Å². The number of rotatable bonds is 1. The number of hydrogen-bond acceptors (Lipinski definition) is 4. The molecule has 2 aliphatic heterocycles. The zero-order valence-electron chi connectivity index (χ0n) is 11.8. The second-order valence-corrected chi connectivity index (χ2v) is 5.69. The monoisotopic (exact) mass is 269 g/mol. The summed E-state index contributed by atoms with van der Waals surface area (Å²) in [6.07, 6.45) is 2.95. The summed E-state index contributed by atoms with van der Waals surface area (Å²) in [5.74, 6) is 0. The Labute approximate surface area is 118 Å². The highest BCUT2D eigenvalue weighted by atomic mass is 15.4. The second-order valence-electron chi connectivity index (χ2n) is 5.69. The molecule has 0 atom stereocenters. The highest BCUT2D eigenvalue weighted by molar-refractivity contribution is 5.80. The van der Waals surface area contributed by atoms with Crippen molar-refractivity contribution in [3.05, 3.63) is 30.0 Å². The van der Waals surface area contributed by atoms with Crippen LogP contribution in [0.2, 0.25) is 0 Å². The smallest absolute Gasteiger partial charge is 0.0909 e. The summed E-state index contributed by atoms with van der Waals surface area (Å²) in [6, 6.07) is 6.67. The molecular weight excluding hydrogens is 250 g/mol. The van der Waals surface area contributed by atoms with Crippen molar-refractivity contribution in [3.8, 4) is 11.3 Å². The molecule has 1 aromatic heterocycles. The Bertz CT molecular complexity index is 625. The standard InChI is InChI=1S/C15H19N5/c1-18-7-9-19(10-8-18)13-4-2-3-12-5-6-20-14(15(12)13)11-16-17-20/h2-4,11H,5-10H2,1H3. The molecule has 104 valence electrons. The number of nitrogens with zero attached hydrogens (tertiary/aromatic N) is 5. The summed E-state index contributed by atoms with van der Waals surface area (Å²) in [5, 5.41) is 8.28. The predicted octanol–water partition coefficient (Wildman–Crippen LogP) is 1.25. The number of fused-ring (bicyclic) bond motifs is 3. The molecule has 20 heavy (non-hydrogen) atoms. The highest BCUT2D eigenvalue weighted by Gasteiger charge is 2.24. The average Bonchev–Trinajstić information content (AvgIpc) is 2.96. The number of aromatic nitrogens is 3. The third kappa shape index (κ3) is 1.81. The van der Waals surface area contributed by atoms with Crippen molar-refractivity contribution in [2.24, 2.45) is 0 Å². The fourth-order valence-corrected chi connectivity index (χ4v) is 3.24. The number of piperazine rings is 1. The topological polar surface area (TPSA) is 37.2 Å². The summed E-state index contributed by atoms with van der Waals surface area (Å²) in [6.45, 7) is 5.37. The van der Waals surface area contributed by atoms with Crippen LogP contribution in [-0.4, -0.2) is 53.1 Å². The van der Waals surface area contributed by atoms with Gasteiger partial charge in [0, 0.05) is 44.0 Å². The number of benzene rings is 1. The van der Waals surface area contributed by atoms with Crippen molar-refractivity contribution in [3.63, 3.8) is 0 Å². The largest absolute Gasteiger partial charge is 0.368 e. The molecule has 3 heterocycles. The van der Waals surface area contributed by atoms with Crippen molar-refractivity contribution in [1.29, 1.82) is 0 Å². The SMILES string of the molecule is CN1CCN(c2cccc3c2-c2cnnn2CC3)CC1. The number of anilines is 1. The average molecular weight is 269 g/mol. The first-order valence-electron chi connectivity index (χ1n) is 7.27. The maximum atomic E-state index is 4.19. The molecule has 0 unspecified atom stereocenters. The Hall–Kier alpha value is -1.88. The van der Waals surface area contributed by atoms with E-state index in [2.05, 4.69) is 45.4 Å². The van der Waals surface area contributed by atoms with Crippen LogP contribution in [0.3, 0.4) is 0 Å². The van der Waals surface area contributed by atoms with Gasteiger partial charge in [0.05, 0.1) is 11.9 Å². The zero-order chi connectivity index (χ0) is 13.5. The molecule has 1 saturated heterocycles. The highest BCUT2D eigenvalue weighted by Crippen LogP contribution is 2.37. The third-order valence-electron chi connectivity index (χ3n) is 4.44. The summed E-state index contributed by atoms with van der Waals surface area (Å²) < 4.78 is 2.03. The summed E-state index contributed by atoms with van der Waals surface area (Å²) >= 11 is 0. The molecule has 0 aliphatic carbocycles. The lowest BCUT2D eigenvalue weighted by Crippen LogP contribution is -2.44. The van der Waals surface area contributed by atoms with E-state index in [0.717, 1.165) is 39.1 Å². The first kappa shape index (κ1) is 11.9. The van der Waals surface area contributed by atoms with Gasteiger partial charge in [-0.05, 0) is 25.1 Å². The van der Waals surface area contributed by atoms with Crippen molar-refractivity contribution in [2.75, 3.05) is 38.1 Å². The van der Waals surface area contributed by atoms with Gasteiger partial charge in [-0.15, -0.1) is 5.10 Å². The first-order valence-corrected chi connectivity index (χ1v) is 7.27. The molecule has 2 aliphatic rings. The normalized spacial score (nSPS) is 18.8. The molecule has 5 nitrogen and oxygen atoms in total. The molecule has 0 bridgehead atoms. The van der Waals surface area contributed by atoms with Crippen LogP contribution in [0, 0.1) is 0 Å². The number of hydrogen-bond donors (Lipinski definition) is 0. The molecule has 0 amide bonds. The minimum absolute atomic E-state index is 0.939. The van der Waals surface area contributed by atoms with E-state index in [-0.39, 0.29) is 0 Å². The van der Waals surface area contributed by atoms with E-state index in [0.29, 0.717) is 0 Å². The summed E-state index contributed by atoms with van der Waals surface area (Å²) in [5.41, 5.74) is 5.28. The van der Waals surface area contributed by atoms with Gasteiger partial charge < -0.3 is 9.80 Å². The lowest BCUT2D eigenvalue weighted by molar-refractivity contribution is 0.313. The van der Waals surface area contributed by atoms with Crippen molar-refractivity contribution >= 4 is 5.69 Å². The van der Waals surface area contributed by atoms with E-state index in [1.54, 1.807) is 0 Å². The molecule has 0 N–H and O–H groups in total. The molecule has 0 saturated carbocycles. The van der Waals surface area contributed by atoms with E-state index in [1.165, 1.54) is 22.5 Å². The van der Waals surface area contributed by atoms with Gasteiger partial charge in [0.1, 0.15) is 0 Å². The maximum absolute atomic E-state index is 4.19. The fourth-order valence-electron chi connectivity index (χ4n) is 3.24. The van der Waals surface area contributed by atoms with Crippen LogP contribution < -0.4 is 4.90 Å². The van der Waals surface area contributed by atoms with Gasteiger partial charge in [-0.3, -0.25) is 0 Å². The van der Waals surface area contributed by atoms with Crippen LogP contribution in [0.15, 0.2) is 24.4 Å². The number of aryl methyl sites for hydroxylation is 2. The van der Waals surface area contributed by atoms with Crippen LogP contribution in [-0.2, 0) is 13.0 Å². The quantitative estimate of drug-likeness (QED) is 0.781. The Kier molecular flexibility index (Phi) is 2.73. The molecule has 1 fully saturated rings. The van der Waals surface area contributed by atoms with Crippen molar-refractivity contribution in [1.82, 2.24) is 19.9 Å². The van der Waals surface area contributed by atoms with Gasteiger partial charge in [0.25, 0.3) is 0 Å². The van der Waals surface area contributed by atoms with Crippen LogP contribution in [0.25, 0.3) is 11.3 Å². The van der Waals surface area contributed by atoms with Gasteiger partial charge in [0.2, 0.25) is 0 Å². The van der Waals surface area contributed by atoms with E-state index in [9.17, 15) is 0 Å². The van der Waals surface area contributed by atoms with Gasteiger partial charge in [-0.25, -0.2) is 4.68 Å². The van der Waals surface area contributed by atoms with Crippen LogP contribution >= 0.6 is 0 Å². The summed E-state index contributed by atoms with van der Waals surface area (Å²) in [7, 11) is 2.19. The van der Waals surface area contributed by atoms with Crippen LogP contribution in [0.1, 0.15) is 5.56 Å². The second kappa shape index (κ2) is 4.59. The van der Waals surface area contributed by atoms with Crippen LogP contribution in [0.4, 0.5) is 5.69 Å². The Morgan fingerprint density at radius 2 is 1.90 bits per heavy atom. The molecule has 0 spiro atoms. The minimum Gasteiger partial charge on any atom is -0.368 e. The van der Waals surface area contributed by atoms with E-state index in [4.69, 9.17) is 0 Å². The van der Waals surface area contributed by atoms with Gasteiger partial charge in [-0.1, -0.05) is 17.3 Å². The molecule has 1 aromatic carbocycles. The Balaban J connectivity index is 1.79. The molecule has 0 radical (unpaired) electrons. The van der Waals surface area contributed by atoms with Gasteiger partial charge >= 0.3 is 0 Å². The molecule has 2 aromatic rings. The first-order chi connectivity index (χ1) is 9.83. The number of likely N-dealkylation sites (N-methyl/N-ethyl adjacent to an activating group) is 1. The zero-order valence-corrected chi connectivity index (χ0v) is 11.8. The lowest BCUT2D eigenvalue weighted by Gasteiger charge is -2.36. The van der Waals surface area contributed by atoms with E-state index >= 15 is 0 Å². The van der Waals surface area contributed by atoms with E-state index in [1.807, 2.05) is 10.9 Å². The molecule has 5 heteroatoms. The Morgan fingerprint density at radius 3 is 2.75 bits per heavy atom. The van der Waals surface area contributed by atoms with Gasteiger partial charge in [0.15, 0.2) is 0 Å². The minimum atomic E-state index is 0.939. The maximum Gasteiger partial charge on any atom is 0.0909 e. The summed E-state index contributed by atoms with van der Waals surface area (Å²) in [4.78, 5) is 4.89. The lowest BCUT2D eigenvalue weighted by atomic mass is 9.96. The van der Waals surface area contributed by atoms with Crippen molar-refractivity contribution in [2.45, 2.75) is 13.0 Å². The van der Waals surface area contributed by atoms with Crippen LogP contribution in [0.5, 0.6) is 0 Å². The predicted molar refractivity (Wildman–Crippen MR) is 78.9 cm³/mol. The molecular formula is C15H19N5. The Morgan fingerprint density at radius 1 is 1.05 bits per heavy atom. The van der Waals surface area contributed by atoms with Gasteiger partial charge in [-0.2, -0.15) is 0 Å². The fraction of sp³-hybridized carbons (Fsp3) is 0.467. The molecule has 4 rings (SSSR count). The van der Waals surface area contributed by atoms with E-state index < -0.39 is 0 Å². The third-order valence-corrected chi connectivity index (χ3v) is 4.44.